The fourth-order valence-electron chi connectivity index (χ4n) is 2.69. The van der Waals surface area contributed by atoms with Gasteiger partial charge < -0.3 is 4.90 Å². The summed E-state index contributed by atoms with van der Waals surface area (Å²) >= 11 is 6.13. The van der Waals surface area contributed by atoms with E-state index in [1.807, 2.05) is 18.2 Å². The zero-order chi connectivity index (χ0) is 20.0. The number of pyridine rings is 1. The molecule has 0 N–H and O–H groups in total. The van der Waals surface area contributed by atoms with Crippen molar-refractivity contribution in [2.24, 2.45) is 0 Å². The van der Waals surface area contributed by atoms with Crippen LogP contribution in [-0.2, 0) is 16.4 Å². The van der Waals surface area contributed by atoms with Gasteiger partial charge in [0.15, 0.2) is 0 Å². The third-order valence-electron chi connectivity index (χ3n) is 4.28. The molecule has 0 fully saturated rings. The Morgan fingerprint density at radius 1 is 1.15 bits per heavy atom. The topological polar surface area (TPSA) is 70.6 Å². The molecule has 1 amide bonds. The van der Waals surface area contributed by atoms with Gasteiger partial charge in [-0.15, -0.1) is 0 Å². The summed E-state index contributed by atoms with van der Waals surface area (Å²) in [5.74, 6) is -0.265. The monoisotopic (exact) mass is 409 g/mol. The van der Waals surface area contributed by atoms with Crippen molar-refractivity contribution in [3.05, 3.63) is 58.9 Å². The second-order valence-electron chi connectivity index (χ2n) is 6.03. The van der Waals surface area contributed by atoms with Crippen LogP contribution in [-0.4, -0.2) is 55.2 Å². The fourth-order valence-corrected chi connectivity index (χ4v) is 4.65. The Bertz CT molecular complexity index is 884. The van der Waals surface area contributed by atoms with Gasteiger partial charge in [0.25, 0.3) is 5.91 Å². The molecular formula is C19H24ClN3O3S. The molecule has 1 aromatic heterocycles. The van der Waals surface area contributed by atoms with Crippen molar-refractivity contribution in [1.82, 2.24) is 14.2 Å². The van der Waals surface area contributed by atoms with E-state index >= 15 is 0 Å². The van der Waals surface area contributed by atoms with Crippen molar-refractivity contribution in [1.29, 1.82) is 0 Å². The van der Waals surface area contributed by atoms with Crippen LogP contribution in [0, 0.1) is 0 Å². The minimum Gasteiger partial charge on any atom is -0.341 e. The van der Waals surface area contributed by atoms with Crippen LogP contribution >= 0.6 is 11.6 Å². The van der Waals surface area contributed by atoms with Crippen LogP contribution in [0.2, 0.25) is 5.02 Å². The number of benzene rings is 1. The lowest BCUT2D eigenvalue weighted by molar-refractivity contribution is 0.0796. The Morgan fingerprint density at radius 3 is 2.44 bits per heavy atom. The molecule has 0 aliphatic rings. The van der Waals surface area contributed by atoms with E-state index in [-0.39, 0.29) is 21.4 Å². The van der Waals surface area contributed by atoms with E-state index in [1.165, 1.54) is 16.4 Å². The van der Waals surface area contributed by atoms with Gasteiger partial charge >= 0.3 is 0 Å². The molecule has 27 heavy (non-hydrogen) atoms. The number of carbonyl (C=O) groups is 1. The van der Waals surface area contributed by atoms with Gasteiger partial charge in [-0.25, -0.2) is 8.42 Å². The minimum absolute atomic E-state index is 0.0446. The van der Waals surface area contributed by atoms with Gasteiger partial charge in [0.2, 0.25) is 10.0 Å². The van der Waals surface area contributed by atoms with Crippen molar-refractivity contribution in [3.63, 3.8) is 0 Å². The lowest BCUT2D eigenvalue weighted by Crippen LogP contribution is -2.32. The smallest absolute Gasteiger partial charge is 0.253 e. The SMILES string of the molecule is CCN(CC)S(=O)(=O)c1cc(C(=O)N(C)CCc2ccccn2)ccc1Cl. The molecule has 0 spiro atoms. The largest absolute Gasteiger partial charge is 0.341 e. The van der Waals surface area contributed by atoms with Crippen LogP contribution in [0.4, 0.5) is 0 Å². The highest BCUT2D eigenvalue weighted by atomic mass is 35.5. The summed E-state index contributed by atoms with van der Waals surface area (Å²) in [7, 11) is -2.07. The number of carbonyl (C=O) groups excluding carboxylic acids is 1. The van der Waals surface area contributed by atoms with Crippen LogP contribution in [0.25, 0.3) is 0 Å². The summed E-state index contributed by atoms with van der Waals surface area (Å²) in [6.07, 6.45) is 2.32. The first kappa shape index (κ1) is 21.3. The average Bonchev–Trinajstić information content (AvgIpc) is 2.67. The first-order valence-corrected chi connectivity index (χ1v) is 10.6. The molecule has 8 heteroatoms. The van der Waals surface area contributed by atoms with Gasteiger partial charge in [-0.3, -0.25) is 9.78 Å². The van der Waals surface area contributed by atoms with Crippen LogP contribution in [0.15, 0.2) is 47.5 Å². The van der Waals surface area contributed by atoms with Gasteiger partial charge in [-0.2, -0.15) is 4.31 Å². The molecule has 6 nitrogen and oxygen atoms in total. The summed E-state index contributed by atoms with van der Waals surface area (Å²) in [5, 5.41) is 0.106. The molecule has 0 saturated heterocycles. The Kier molecular flexibility index (Phi) is 7.35. The van der Waals surface area contributed by atoms with E-state index in [4.69, 9.17) is 11.6 Å². The molecule has 2 rings (SSSR count). The van der Waals surface area contributed by atoms with Gasteiger partial charge in [0.1, 0.15) is 4.90 Å². The van der Waals surface area contributed by atoms with Crippen LogP contribution in [0.5, 0.6) is 0 Å². The number of likely N-dealkylation sites (N-methyl/N-ethyl adjacent to an activating group) is 1. The molecule has 1 aromatic carbocycles. The second-order valence-corrected chi connectivity index (χ2v) is 8.35. The van der Waals surface area contributed by atoms with Crippen molar-refractivity contribution in [2.45, 2.75) is 25.2 Å². The molecule has 0 radical (unpaired) electrons. The number of aromatic nitrogens is 1. The number of halogens is 1. The predicted octanol–water partition coefficient (Wildman–Crippen LogP) is 3.08. The van der Waals surface area contributed by atoms with Gasteiger partial charge in [-0.05, 0) is 30.3 Å². The standard InChI is InChI=1S/C19H24ClN3O3S/c1-4-23(5-2)27(25,26)18-14-15(9-10-17(18)20)19(24)22(3)13-11-16-8-6-7-12-21-16/h6-10,12,14H,4-5,11,13H2,1-3H3. The normalized spacial score (nSPS) is 11.6. The van der Waals surface area contributed by atoms with Crippen molar-refractivity contribution in [3.8, 4) is 0 Å². The number of nitrogens with zero attached hydrogens (tertiary/aromatic N) is 3. The van der Waals surface area contributed by atoms with Gasteiger partial charge in [0.05, 0.1) is 5.02 Å². The Labute approximate surface area is 165 Å². The fraction of sp³-hybridized carbons (Fsp3) is 0.368. The highest BCUT2D eigenvalue weighted by Crippen LogP contribution is 2.26. The van der Waals surface area contributed by atoms with E-state index in [0.717, 1.165) is 5.69 Å². The molecule has 0 saturated carbocycles. The maximum absolute atomic E-state index is 12.8. The number of hydrogen-bond acceptors (Lipinski definition) is 4. The maximum Gasteiger partial charge on any atom is 0.253 e. The maximum atomic E-state index is 12.8. The third-order valence-corrected chi connectivity index (χ3v) is 6.81. The van der Waals surface area contributed by atoms with E-state index < -0.39 is 10.0 Å². The van der Waals surface area contributed by atoms with Crippen LogP contribution < -0.4 is 0 Å². The van der Waals surface area contributed by atoms with Gasteiger partial charge in [0, 0.05) is 50.6 Å². The summed E-state index contributed by atoms with van der Waals surface area (Å²) in [6.45, 7) is 4.65. The number of rotatable bonds is 8. The summed E-state index contributed by atoms with van der Waals surface area (Å²) in [5.41, 5.74) is 1.17. The molecule has 2 aromatic rings. The highest BCUT2D eigenvalue weighted by Gasteiger charge is 2.26. The minimum atomic E-state index is -3.75. The molecule has 1 heterocycles. The molecule has 0 unspecified atom stereocenters. The van der Waals surface area contributed by atoms with E-state index in [9.17, 15) is 13.2 Å². The Balaban J connectivity index is 2.22. The van der Waals surface area contributed by atoms with E-state index in [2.05, 4.69) is 4.98 Å². The summed E-state index contributed by atoms with van der Waals surface area (Å²) in [4.78, 5) is 18.5. The first-order chi connectivity index (χ1) is 12.8. The lowest BCUT2D eigenvalue weighted by atomic mass is 10.2. The number of amides is 1. The molecule has 0 bridgehead atoms. The summed E-state index contributed by atoms with van der Waals surface area (Å²) in [6, 6.07) is 9.99. The first-order valence-electron chi connectivity index (χ1n) is 8.76. The van der Waals surface area contributed by atoms with Crippen molar-refractivity contribution < 1.29 is 13.2 Å². The van der Waals surface area contributed by atoms with E-state index in [1.54, 1.807) is 38.1 Å². The quantitative estimate of drug-likeness (QED) is 0.671. The van der Waals surface area contributed by atoms with Crippen LogP contribution in [0.1, 0.15) is 29.9 Å². The molecule has 146 valence electrons. The Hall–Kier alpha value is -1.96. The molecule has 0 aliphatic heterocycles. The average molecular weight is 410 g/mol. The molecule has 0 atom stereocenters. The number of hydrogen-bond donors (Lipinski definition) is 0. The van der Waals surface area contributed by atoms with Crippen LogP contribution in [0.3, 0.4) is 0 Å². The zero-order valence-corrected chi connectivity index (χ0v) is 17.3. The zero-order valence-electron chi connectivity index (χ0n) is 15.7. The predicted molar refractivity (Wildman–Crippen MR) is 106 cm³/mol. The summed E-state index contributed by atoms with van der Waals surface area (Å²) < 4.78 is 26.9. The Morgan fingerprint density at radius 2 is 1.85 bits per heavy atom. The number of sulfonamides is 1. The lowest BCUT2D eigenvalue weighted by Gasteiger charge is -2.21. The molecule has 0 aliphatic carbocycles. The van der Waals surface area contributed by atoms with Crippen molar-refractivity contribution >= 4 is 27.5 Å². The van der Waals surface area contributed by atoms with Gasteiger partial charge in [-0.1, -0.05) is 31.5 Å². The third kappa shape index (κ3) is 5.06. The van der Waals surface area contributed by atoms with E-state index in [0.29, 0.717) is 26.1 Å². The molecular weight excluding hydrogens is 386 g/mol. The van der Waals surface area contributed by atoms with Crippen molar-refractivity contribution in [2.75, 3.05) is 26.7 Å². The second kappa shape index (κ2) is 9.30. The highest BCUT2D eigenvalue weighted by molar-refractivity contribution is 7.89.